The van der Waals surface area contributed by atoms with E-state index < -0.39 is 0 Å². The molecular weight excluding hydrogens is 210 g/mol. The van der Waals surface area contributed by atoms with Crippen LogP contribution in [0.1, 0.15) is 19.3 Å². The number of rotatable bonds is 4. The summed E-state index contributed by atoms with van der Waals surface area (Å²) < 4.78 is 0. The van der Waals surface area contributed by atoms with Crippen LogP contribution in [0.5, 0.6) is 0 Å². The van der Waals surface area contributed by atoms with Gasteiger partial charge in [-0.05, 0) is 12.8 Å². The Kier molecular flexibility index (Phi) is 5.04. The summed E-state index contributed by atoms with van der Waals surface area (Å²) in [6, 6.07) is -0.364. The first kappa shape index (κ1) is 12.8. The van der Waals surface area contributed by atoms with Gasteiger partial charge in [0.05, 0.1) is 0 Å². The molecule has 0 spiro atoms. The minimum Gasteiger partial charge on any atom is -0.376 e. The molecule has 0 unspecified atom stereocenters. The number of hydrogen-bond donors (Lipinski definition) is 2. The van der Waals surface area contributed by atoms with Gasteiger partial charge in [-0.15, -0.1) is 0 Å². The first-order chi connectivity index (χ1) is 7.69. The first-order valence-electron chi connectivity index (χ1n) is 5.54. The van der Waals surface area contributed by atoms with Gasteiger partial charge < -0.3 is 20.2 Å². The van der Waals surface area contributed by atoms with Crippen LogP contribution in [0.15, 0.2) is 0 Å². The molecule has 1 heterocycles. The van der Waals surface area contributed by atoms with Crippen molar-refractivity contribution in [1.82, 2.24) is 15.1 Å². The number of urea groups is 1. The van der Waals surface area contributed by atoms with Gasteiger partial charge >= 0.3 is 6.03 Å². The second-order valence-corrected chi connectivity index (χ2v) is 3.80. The van der Waals surface area contributed by atoms with E-state index in [2.05, 4.69) is 5.32 Å². The molecule has 0 saturated carbocycles. The van der Waals surface area contributed by atoms with Crippen molar-refractivity contribution in [2.24, 2.45) is 0 Å². The Hall–Kier alpha value is -1.30. The highest BCUT2D eigenvalue weighted by Crippen LogP contribution is 2.09. The molecule has 1 fully saturated rings. The third-order valence-electron chi connectivity index (χ3n) is 2.73. The van der Waals surface area contributed by atoms with Gasteiger partial charge in [0.15, 0.2) is 0 Å². The molecule has 2 N–H and O–H groups in total. The lowest BCUT2D eigenvalue weighted by molar-refractivity contribution is -0.130. The van der Waals surface area contributed by atoms with E-state index in [1.54, 1.807) is 4.90 Å². The van der Waals surface area contributed by atoms with Crippen LogP contribution < -0.4 is 5.32 Å². The van der Waals surface area contributed by atoms with Crippen molar-refractivity contribution in [2.75, 3.05) is 33.4 Å². The Morgan fingerprint density at radius 3 is 2.50 bits per heavy atom. The van der Waals surface area contributed by atoms with Crippen molar-refractivity contribution >= 4 is 11.9 Å². The number of carbonyl (C=O) groups excluding carboxylic acids is 2. The van der Waals surface area contributed by atoms with Crippen LogP contribution in [0.4, 0.5) is 4.79 Å². The molecule has 6 nitrogen and oxygen atoms in total. The minimum atomic E-state index is -0.368. The fraction of sp³-hybridized carbons (Fsp3) is 0.800. The molecule has 1 rings (SSSR count). The number of carbonyl (C=O) groups is 2. The van der Waals surface area contributed by atoms with Crippen molar-refractivity contribution in [3.63, 3.8) is 0 Å². The van der Waals surface area contributed by atoms with E-state index in [0.29, 0.717) is 0 Å². The van der Waals surface area contributed by atoms with Crippen molar-refractivity contribution in [3.8, 4) is 0 Å². The molecule has 0 aliphatic carbocycles. The standard InChI is InChI=1S/C10H19N3O3/c1-11-10(16)13(8-14)7-4-9(15)12-5-2-3-6-12/h14H,2-8H2,1H3,(H,11,16). The van der Waals surface area contributed by atoms with Gasteiger partial charge in [-0.25, -0.2) is 4.79 Å². The Bertz CT molecular complexity index is 252. The summed E-state index contributed by atoms with van der Waals surface area (Å²) in [6.45, 7) is 1.52. The summed E-state index contributed by atoms with van der Waals surface area (Å²) in [5.74, 6) is 0.0554. The monoisotopic (exact) mass is 229 g/mol. The molecule has 3 amide bonds. The van der Waals surface area contributed by atoms with E-state index >= 15 is 0 Å². The molecule has 16 heavy (non-hydrogen) atoms. The lowest BCUT2D eigenvalue weighted by Gasteiger charge is -2.21. The Morgan fingerprint density at radius 2 is 2.00 bits per heavy atom. The number of aliphatic hydroxyl groups excluding tert-OH is 1. The van der Waals surface area contributed by atoms with E-state index in [0.717, 1.165) is 25.9 Å². The number of hydrogen-bond acceptors (Lipinski definition) is 3. The summed E-state index contributed by atoms with van der Waals surface area (Å²) in [5.41, 5.74) is 0. The van der Waals surface area contributed by atoms with Crippen LogP contribution in [0.25, 0.3) is 0 Å². The van der Waals surface area contributed by atoms with Crippen LogP contribution in [-0.2, 0) is 4.79 Å². The van der Waals surface area contributed by atoms with Crippen molar-refractivity contribution in [2.45, 2.75) is 19.3 Å². The van der Waals surface area contributed by atoms with Gasteiger partial charge in [0.1, 0.15) is 6.73 Å². The van der Waals surface area contributed by atoms with Crippen molar-refractivity contribution in [3.05, 3.63) is 0 Å². The van der Waals surface area contributed by atoms with Crippen LogP contribution in [0.2, 0.25) is 0 Å². The molecule has 0 atom stereocenters. The Labute approximate surface area is 95.2 Å². The predicted molar refractivity (Wildman–Crippen MR) is 58.7 cm³/mol. The Balaban J connectivity index is 2.31. The van der Waals surface area contributed by atoms with Crippen molar-refractivity contribution in [1.29, 1.82) is 0 Å². The zero-order chi connectivity index (χ0) is 12.0. The molecule has 0 aromatic rings. The maximum Gasteiger partial charge on any atom is 0.318 e. The highest BCUT2D eigenvalue weighted by molar-refractivity contribution is 5.78. The highest BCUT2D eigenvalue weighted by atomic mass is 16.3. The summed E-state index contributed by atoms with van der Waals surface area (Å²) in [7, 11) is 1.49. The third-order valence-corrected chi connectivity index (χ3v) is 2.73. The van der Waals surface area contributed by atoms with E-state index in [1.165, 1.54) is 11.9 Å². The smallest absolute Gasteiger partial charge is 0.318 e. The third kappa shape index (κ3) is 3.37. The fourth-order valence-electron chi connectivity index (χ4n) is 1.75. The van der Waals surface area contributed by atoms with Crippen LogP contribution >= 0.6 is 0 Å². The van der Waals surface area contributed by atoms with Gasteiger partial charge in [0.2, 0.25) is 5.91 Å². The van der Waals surface area contributed by atoms with E-state index in [4.69, 9.17) is 5.11 Å². The average Bonchev–Trinajstić information content (AvgIpc) is 2.82. The number of aliphatic hydroxyl groups is 1. The lowest BCUT2D eigenvalue weighted by Crippen LogP contribution is -2.41. The first-order valence-corrected chi connectivity index (χ1v) is 5.54. The molecule has 0 aromatic carbocycles. The van der Waals surface area contributed by atoms with E-state index in [9.17, 15) is 9.59 Å². The molecule has 0 radical (unpaired) electrons. The lowest BCUT2D eigenvalue weighted by atomic mass is 10.3. The Morgan fingerprint density at radius 1 is 1.38 bits per heavy atom. The van der Waals surface area contributed by atoms with Crippen molar-refractivity contribution < 1.29 is 14.7 Å². The normalized spacial score (nSPS) is 15.0. The number of nitrogens with zero attached hydrogens (tertiary/aromatic N) is 2. The topological polar surface area (TPSA) is 72.9 Å². The molecule has 0 bridgehead atoms. The summed E-state index contributed by atoms with van der Waals surface area (Å²) in [6.07, 6.45) is 2.39. The molecule has 1 aliphatic rings. The van der Waals surface area contributed by atoms with Crippen LogP contribution in [0.3, 0.4) is 0 Å². The zero-order valence-electron chi connectivity index (χ0n) is 9.61. The number of nitrogens with one attached hydrogen (secondary N) is 1. The minimum absolute atomic E-state index is 0.0554. The van der Waals surface area contributed by atoms with E-state index in [1.807, 2.05) is 0 Å². The zero-order valence-corrected chi connectivity index (χ0v) is 9.61. The number of amides is 3. The molecule has 1 aliphatic heterocycles. The van der Waals surface area contributed by atoms with Gasteiger partial charge in [-0.3, -0.25) is 4.79 Å². The summed E-state index contributed by atoms with van der Waals surface area (Å²) in [4.78, 5) is 25.9. The van der Waals surface area contributed by atoms with Crippen LogP contribution in [0, 0.1) is 0 Å². The quantitative estimate of drug-likeness (QED) is 0.644. The maximum absolute atomic E-state index is 11.7. The molecule has 6 heteroatoms. The van der Waals surface area contributed by atoms with Gasteiger partial charge in [0, 0.05) is 33.1 Å². The SMILES string of the molecule is CNC(=O)N(CO)CCC(=O)N1CCCC1. The number of likely N-dealkylation sites (tertiary alicyclic amines) is 1. The average molecular weight is 229 g/mol. The van der Waals surface area contributed by atoms with Crippen LogP contribution in [-0.4, -0.2) is 60.3 Å². The highest BCUT2D eigenvalue weighted by Gasteiger charge is 2.19. The second kappa shape index (κ2) is 6.32. The molecule has 1 saturated heterocycles. The molecule has 0 aromatic heterocycles. The van der Waals surface area contributed by atoms with Gasteiger partial charge in [-0.1, -0.05) is 0 Å². The fourth-order valence-corrected chi connectivity index (χ4v) is 1.75. The summed E-state index contributed by atoms with van der Waals surface area (Å²) in [5, 5.41) is 11.4. The molecular formula is C10H19N3O3. The largest absolute Gasteiger partial charge is 0.376 e. The van der Waals surface area contributed by atoms with Gasteiger partial charge in [0.25, 0.3) is 0 Å². The van der Waals surface area contributed by atoms with Gasteiger partial charge in [-0.2, -0.15) is 0 Å². The molecule has 92 valence electrons. The summed E-state index contributed by atoms with van der Waals surface area (Å²) >= 11 is 0. The second-order valence-electron chi connectivity index (χ2n) is 3.80. The van der Waals surface area contributed by atoms with E-state index in [-0.39, 0.29) is 31.6 Å². The predicted octanol–water partition coefficient (Wildman–Crippen LogP) is -0.410. The maximum atomic E-state index is 11.7.